The van der Waals surface area contributed by atoms with E-state index in [9.17, 15) is 9.90 Å². The molecule has 3 heteroatoms. The van der Waals surface area contributed by atoms with E-state index in [4.69, 9.17) is 0 Å². The number of nitrogens with zero attached hydrogens (tertiary/aromatic N) is 1. The molecule has 1 aromatic heterocycles. The number of Topliss-reactive ketones (excluding diaryl/α,β-unsaturated/α-hetero) is 1. The minimum absolute atomic E-state index is 0.0415. The fraction of sp³-hybridized carbons (Fsp3) is 0.688. The van der Waals surface area contributed by atoms with Crippen LogP contribution in [0.3, 0.4) is 0 Å². The van der Waals surface area contributed by atoms with Gasteiger partial charge in [0.25, 0.3) is 0 Å². The summed E-state index contributed by atoms with van der Waals surface area (Å²) in [5.74, 6) is 0.260. The van der Waals surface area contributed by atoms with Gasteiger partial charge in [0.05, 0.1) is 12.1 Å². The van der Waals surface area contributed by atoms with E-state index in [1.165, 1.54) is 6.42 Å². The molecule has 0 aromatic carbocycles. The lowest BCUT2D eigenvalue weighted by Crippen LogP contribution is -2.32. The van der Waals surface area contributed by atoms with Gasteiger partial charge in [-0.15, -0.1) is 0 Å². The van der Waals surface area contributed by atoms with Gasteiger partial charge in [0, 0.05) is 23.9 Å². The third-order valence-corrected chi connectivity index (χ3v) is 4.66. The molecule has 2 aliphatic rings. The smallest absolute Gasteiger partial charge is 0.165 e. The largest absolute Gasteiger partial charge is 0.391 e. The highest BCUT2D eigenvalue weighted by Gasteiger charge is 2.35. The van der Waals surface area contributed by atoms with Crippen molar-refractivity contribution in [2.24, 2.45) is 5.41 Å². The van der Waals surface area contributed by atoms with Crippen molar-refractivity contribution in [3.63, 3.8) is 0 Å². The normalized spacial score (nSPS) is 30.2. The number of carbonyl (C=O) groups excluding carboxylic acids is 1. The van der Waals surface area contributed by atoms with Crippen LogP contribution < -0.4 is 0 Å². The molecule has 0 amide bonds. The van der Waals surface area contributed by atoms with E-state index in [-0.39, 0.29) is 23.3 Å². The lowest BCUT2D eigenvalue weighted by molar-refractivity contribution is 0.0719. The van der Waals surface area contributed by atoms with Gasteiger partial charge >= 0.3 is 0 Å². The topological polar surface area (TPSA) is 42.2 Å². The van der Waals surface area contributed by atoms with Crippen LogP contribution in [-0.4, -0.2) is 21.6 Å². The van der Waals surface area contributed by atoms with Gasteiger partial charge in [0.15, 0.2) is 5.78 Å². The Balaban J connectivity index is 1.98. The molecule has 0 radical (unpaired) electrons. The number of fused-ring (bicyclic) bond motifs is 1. The summed E-state index contributed by atoms with van der Waals surface area (Å²) in [4.78, 5) is 12.2. The molecular weight excluding hydrogens is 238 g/mol. The first-order chi connectivity index (χ1) is 8.98. The molecule has 3 rings (SSSR count). The summed E-state index contributed by atoms with van der Waals surface area (Å²) in [5, 5.41) is 10.2. The Kier molecular flexibility index (Phi) is 3.05. The molecule has 1 aromatic rings. The molecular formula is C16H23NO2. The van der Waals surface area contributed by atoms with Gasteiger partial charge in [-0.3, -0.25) is 4.79 Å². The summed E-state index contributed by atoms with van der Waals surface area (Å²) in [6, 6.07) is 2.12. The van der Waals surface area contributed by atoms with E-state index in [2.05, 4.69) is 18.4 Å². The van der Waals surface area contributed by atoms with Gasteiger partial charge in [0.1, 0.15) is 0 Å². The summed E-state index contributed by atoms with van der Waals surface area (Å²) in [6.07, 6.45) is 7.53. The number of hydrogen-bond acceptors (Lipinski definition) is 2. The molecule has 2 atom stereocenters. The summed E-state index contributed by atoms with van der Waals surface area (Å²) < 4.78 is 2.19. The number of aliphatic hydroxyl groups excluding tert-OH is 1. The summed E-state index contributed by atoms with van der Waals surface area (Å²) in [6.45, 7) is 4.31. The Morgan fingerprint density at radius 1 is 1.26 bits per heavy atom. The van der Waals surface area contributed by atoms with Crippen LogP contribution in [0.1, 0.15) is 68.0 Å². The molecule has 0 saturated heterocycles. The fourth-order valence-corrected chi connectivity index (χ4v) is 3.69. The second-order valence-corrected chi connectivity index (χ2v) is 6.94. The highest BCUT2D eigenvalue weighted by Crippen LogP contribution is 2.38. The first kappa shape index (κ1) is 12.9. The maximum absolute atomic E-state index is 12.2. The number of rotatable bonds is 1. The highest BCUT2D eigenvalue weighted by molar-refractivity contribution is 5.98. The van der Waals surface area contributed by atoms with Crippen LogP contribution in [-0.2, 0) is 6.42 Å². The van der Waals surface area contributed by atoms with Crippen LogP contribution in [0.5, 0.6) is 0 Å². The van der Waals surface area contributed by atoms with Crippen molar-refractivity contribution in [2.45, 2.75) is 64.5 Å². The molecule has 1 N–H and O–H groups in total. The highest BCUT2D eigenvalue weighted by atomic mass is 16.3. The first-order valence-electron chi connectivity index (χ1n) is 7.39. The molecule has 1 heterocycles. The van der Waals surface area contributed by atoms with Crippen molar-refractivity contribution < 1.29 is 9.90 Å². The molecule has 2 aliphatic carbocycles. The molecule has 19 heavy (non-hydrogen) atoms. The minimum atomic E-state index is -0.259. The van der Waals surface area contributed by atoms with Crippen LogP contribution in [0, 0.1) is 5.41 Å². The van der Waals surface area contributed by atoms with E-state index in [0.717, 1.165) is 36.9 Å². The first-order valence-corrected chi connectivity index (χ1v) is 7.39. The molecule has 104 valence electrons. The van der Waals surface area contributed by atoms with E-state index < -0.39 is 0 Å². The van der Waals surface area contributed by atoms with Gasteiger partial charge in [-0.1, -0.05) is 26.7 Å². The molecule has 3 nitrogen and oxygen atoms in total. The molecule has 0 aliphatic heterocycles. The number of aliphatic hydroxyl groups is 1. The standard InChI is InChI=1S/C16H23NO2/c1-16(2)9-13-11(15(19)10-16)7-8-17(13)12-5-3-4-6-14(12)18/h7-8,12,14,18H,3-6,9-10H2,1-2H3. The Morgan fingerprint density at radius 3 is 2.74 bits per heavy atom. The molecule has 1 saturated carbocycles. The monoisotopic (exact) mass is 261 g/mol. The number of hydrogen-bond donors (Lipinski definition) is 1. The van der Waals surface area contributed by atoms with Crippen LogP contribution in [0.15, 0.2) is 12.3 Å². The summed E-state index contributed by atoms with van der Waals surface area (Å²) in [7, 11) is 0. The van der Waals surface area contributed by atoms with E-state index in [1.807, 2.05) is 12.3 Å². The Morgan fingerprint density at radius 2 is 2.00 bits per heavy atom. The zero-order valence-corrected chi connectivity index (χ0v) is 11.9. The maximum atomic E-state index is 12.2. The van der Waals surface area contributed by atoms with Crippen molar-refractivity contribution >= 4 is 5.78 Å². The molecule has 0 bridgehead atoms. The molecule has 1 fully saturated rings. The minimum Gasteiger partial charge on any atom is -0.391 e. The van der Waals surface area contributed by atoms with Crippen LogP contribution in [0.2, 0.25) is 0 Å². The van der Waals surface area contributed by atoms with Gasteiger partial charge < -0.3 is 9.67 Å². The van der Waals surface area contributed by atoms with Crippen LogP contribution in [0.4, 0.5) is 0 Å². The second kappa shape index (κ2) is 4.48. The number of carbonyl (C=O) groups is 1. The second-order valence-electron chi connectivity index (χ2n) is 6.94. The third-order valence-electron chi connectivity index (χ3n) is 4.66. The lowest BCUT2D eigenvalue weighted by atomic mass is 9.76. The van der Waals surface area contributed by atoms with E-state index in [0.29, 0.717) is 6.42 Å². The number of aromatic nitrogens is 1. The van der Waals surface area contributed by atoms with Gasteiger partial charge in [0.2, 0.25) is 0 Å². The average molecular weight is 261 g/mol. The van der Waals surface area contributed by atoms with Gasteiger partial charge in [-0.25, -0.2) is 0 Å². The van der Waals surface area contributed by atoms with Gasteiger partial charge in [-0.2, -0.15) is 0 Å². The van der Waals surface area contributed by atoms with Crippen LogP contribution in [0.25, 0.3) is 0 Å². The van der Waals surface area contributed by atoms with Crippen molar-refractivity contribution in [2.75, 3.05) is 0 Å². The molecule has 0 spiro atoms. The maximum Gasteiger partial charge on any atom is 0.165 e. The fourth-order valence-electron chi connectivity index (χ4n) is 3.69. The van der Waals surface area contributed by atoms with Crippen LogP contribution >= 0.6 is 0 Å². The van der Waals surface area contributed by atoms with E-state index >= 15 is 0 Å². The zero-order chi connectivity index (χ0) is 13.6. The third kappa shape index (κ3) is 2.25. The lowest BCUT2D eigenvalue weighted by Gasteiger charge is -2.34. The summed E-state index contributed by atoms with van der Waals surface area (Å²) >= 11 is 0. The van der Waals surface area contributed by atoms with Gasteiger partial charge in [-0.05, 0) is 30.7 Å². The quantitative estimate of drug-likeness (QED) is 0.844. The zero-order valence-electron chi connectivity index (χ0n) is 11.9. The van der Waals surface area contributed by atoms with Crippen molar-refractivity contribution in [1.82, 2.24) is 4.57 Å². The predicted molar refractivity (Wildman–Crippen MR) is 74.4 cm³/mol. The predicted octanol–water partition coefficient (Wildman–Crippen LogP) is 3.12. The molecule has 2 unspecified atom stereocenters. The average Bonchev–Trinajstić information content (AvgIpc) is 2.72. The van der Waals surface area contributed by atoms with Crippen molar-refractivity contribution in [3.05, 3.63) is 23.5 Å². The van der Waals surface area contributed by atoms with E-state index in [1.54, 1.807) is 0 Å². The number of ketones is 1. The SMILES string of the molecule is CC1(C)CC(=O)c2ccn(C3CCCCC3O)c2C1. The Bertz CT molecular complexity index is 501. The van der Waals surface area contributed by atoms with Crippen molar-refractivity contribution in [1.29, 1.82) is 0 Å². The Hall–Kier alpha value is -1.09. The summed E-state index contributed by atoms with van der Waals surface area (Å²) in [5.41, 5.74) is 2.07. The Labute approximate surface area is 114 Å². The van der Waals surface area contributed by atoms with Crippen molar-refractivity contribution in [3.8, 4) is 0 Å².